The van der Waals surface area contributed by atoms with E-state index in [4.69, 9.17) is 4.74 Å². The number of carbonyl (C=O) groups excluding carboxylic acids is 2. The van der Waals surface area contributed by atoms with Gasteiger partial charge in [0.15, 0.2) is 11.5 Å². The molecule has 1 fully saturated rings. The lowest BCUT2D eigenvalue weighted by atomic mass is 10.1. The molecule has 1 aliphatic heterocycles. The van der Waals surface area contributed by atoms with Crippen LogP contribution in [0, 0.1) is 0 Å². The van der Waals surface area contributed by atoms with Gasteiger partial charge in [0.05, 0.1) is 18.1 Å². The average Bonchev–Trinajstić information content (AvgIpc) is 2.87. The molecule has 1 heterocycles. The molecule has 0 bridgehead atoms. The van der Waals surface area contributed by atoms with Crippen LogP contribution in [0.15, 0.2) is 53.4 Å². The number of rotatable bonds is 5. The molecule has 0 saturated carbocycles. The second-order valence-electron chi connectivity index (χ2n) is 5.38. The molecule has 0 aromatic heterocycles. The van der Waals surface area contributed by atoms with E-state index in [9.17, 15) is 14.7 Å². The summed E-state index contributed by atoms with van der Waals surface area (Å²) < 4.78 is 5.34. The van der Waals surface area contributed by atoms with Gasteiger partial charge in [0.2, 0.25) is 0 Å². The summed E-state index contributed by atoms with van der Waals surface area (Å²) in [6, 6.07) is 14.4. The van der Waals surface area contributed by atoms with E-state index in [0.717, 1.165) is 17.3 Å². The maximum absolute atomic E-state index is 12.5. The molecule has 0 aliphatic carbocycles. The van der Waals surface area contributed by atoms with Crippen LogP contribution < -0.4 is 4.74 Å². The van der Waals surface area contributed by atoms with E-state index in [1.165, 1.54) is 11.0 Å². The number of carbonyl (C=O) groups is 2. The monoisotopic (exact) mass is 355 g/mol. The number of para-hydroxylation sites is 1. The first-order valence-corrected chi connectivity index (χ1v) is 8.66. The van der Waals surface area contributed by atoms with Crippen molar-refractivity contribution in [1.29, 1.82) is 0 Å². The summed E-state index contributed by atoms with van der Waals surface area (Å²) in [6.45, 7) is 2.47. The standard InChI is InChI=1S/C19H17NO4S/c1-2-24-15-10-6-9-14(17(15)21)11-16-18(22)20(19(23)25-16)12-13-7-4-3-5-8-13/h3-11,21H,2,12H2,1H3/b16-11-. The van der Waals surface area contributed by atoms with Crippen LogP contribution in [0.25, 0.3) is 6.08 Å². The summed E-state index contributed by atoms with van der Waals surface area (Å²) in [5.74, 6) is -0.0564. The molecule has 2 amide bonds. The molecule has 0 unspecified atom stereocenters. The van der Waals surface area contributed by atoms with Crippen LogP contribution in [0.5, 0.6) is 11.5 Å². The van der Waals surface area contributed by atoms with Crippen LogP contribution in [0.4, 0.5) is 4.79 Å². The maximum Gasteiger partial charge on any atom is 0.293 e. The number of amides is 2. The minimum atomic E-state index is -0.361. The Labute approximate surface area is 149 Å². The third kappa shape index (κ3) is 3.69. The van der Waals surface area contributed by atoms with Gasteiger partial charge in [-0.2, -0.15) is 0 Å². The zero-order valence-electron chi connectivity index (χ0n) is 13.6. The Balaban J connectivity index is 1.84. The highest BCUT2D eigenvalue weighted by atomic mass is 32.2. The number of nitrogens with zero attached hydrogens (tertiary/aromatic N) is 1. The maximum atomic E-state index is 12.5. The largest absolute Gasteiger partial charge is 0.504 e. The molecule has 1 saturated heterocycles. The summed E-state index contributed by atoms with van der Waals surface area (Å²) in [5.41, 5.74) is 1.32. The fourth-order valence-corrected chi connectivity index (χ4v) is 3.30. The number of ether oxygens (including phenoxy) is 1. The van der Waals surface area contributed by atoms with Crippen molar-refractivity contribution < 1.29 is 19.4 Å². The van der Waals surface area contributed by atoms with Gasteiger partial charge in [0.1, 0.15) is 0 Å². The molecule has 25 heavy (non-hydrogen) atoms. The first kappa shape index (κ1) is 17.1. The Bertz CT molecular complexity index is 833. The Hall–Kier alpha value is -2.73. The van der Waals surface area contributed by atoms with E-state index in [2.05, 4.69) is 0 Å². The van der Waals surface area contributed by atoms with Crippen molar-refractivity contribution in [2.75, 3.05) is 6.61 Å². The minimum Gasteiger partial charge on any atom is -0.504 e. The van der Waals surface area contributed by atoms with Crippen molar-refractivity contribution >= 4 is 29.0 Å². The molecule has 2 aromatic carbocycles. The zero-order valence-corrected chi connectivity index (χ0v) is 14.5. The highest BCUT2D eigenvalue weighted by Gasteiger charge is 2.35. The lowest BCUT2D eigenvalue weighted by Crippen LogP contribution is -2.27. The number of hydrogen-bond donors (Lipinski definition) is 1. The molecule has 3 rings (SSSR count). The highest BCUT2D eigenvalue weighted by Crippen LogP contribution is 2.37. The van der Waals surface area contributed by atoms with Crippen LogP contribution in [0.1, 0.15) is 18.1 Å². The molecule has 0 atom stereocenters. The van der Waals surface area contributed by atoms with Crippen molar-refractivity contribution in [1.82, 2.24) is 4.90 Å². The van der Waals surface area contributed by atoms with Gasteiger partial charge in [-0.1, -0.05) is 42.5 Å². The average molecular weight is 355 g/mol. The Morgan fingerprint density at radius 1 is 1.12 bits per heavy atom. The van der Waals surface area contributed by atoms with Gasteiger partial charge in [0.25, 0.3) is 11.1 Å². The minimum absolute atomic E-state index is 0.0424. The van der Waals surface area contributed by atoms with Crippen molar-refractivity contribution in [3.05, 3.63) is 64.6 Å². The molecular formula is C19H17NO4S. The van der Waals surface area contributed by atoms with E-state index >= 15 is 0 Å². The van der Waals surface area contributed by atoms with E-state index in [1.54, 1.807) is 18.2 Å². The van der Waals surface area contributed by atoms with E-state index in [-0.39, 0.29) is 28.3 Å². The first-order chi connectivity index (χ1) is 12.1. The normalized spacial score (nSPS) is 15.9. The molecule has 1 N–H and O–H groups in total. The third-order valence-electron chi connectivity index (χ3n) is 3.67. The summed E-state index contributed by atoms with van der Waals surface area (Å²) >= 11 is 0.870. The van der Waals surface area contributed by atoms with Gasteiger partial charge in [0, 0.05) is 5.56 Å². The first-order valence-electron chi connectivity index (χ1n) is 7.84. The molecule has 6 heteroatoms. The molecule has 0 radical (unpaired) electrons. The van der Waals surface area contributed by atoms with Gasteiger partial charge in [-0.05, 0) is 36.4 Å². The summed E-state index contributed by atoms with van der Waals surface area (Å²) in [5, 5.41) is 9.93. The van der Waals surface area contributed by atoms with Gasteiger partial charge >= 0.3 is 0 Å². The molecule has 2 aromatic rings. The summed E-state index contributed by atoms with van der Waals surface area (Å²) in [7, 11) is 0. The van der Waals surface area contributed by atoms with Crippen LogP contribution in [0.3, 0.4) is 0 Å². The van der Waals surface area contributed by atoms with Gasteiger partial charge < -0.3 is 9.84 Å². The predicted octanol–water partition coefficient (Wildman–Crippen LogP) is 4.03. The number of phenolic OH excluding ortho intramolecular Hbond substituents is 1. The number of aromatic hydroxyl groups is 1. The SMILES string of the molecule is CCOc1cccc(/C=C2\SC(=O)N(Cc3ccccc3)C2=O)c1O. The zero-order chi connectivity index (χ0) is 17.8. The lowest BCUT2D eigenvalue weighted by molar-refractivity contribution is -0.123. The Kier molecular flexibility index (Phi) is 5.09. The Morgan fingerprint density at radius 2 is 1.88 bits per heavy atom. The molecule has 128 valence electrons. The molecule has 5 nitrogen and oxygen atoms in total. The number of imide groups is 1. The second kappa shape index (κ2) is 7.44. The van der Waals surface area contributed by atoms with E-state index in [1.807, 2.05) is 37.3 Å². The smallest absolute Gasteiger partial charge is 0.293 e. The lowest BCUT2D eigenvalue weighted by Gasteiger charge is -2.12. The third-order valence-corrected chi connectivity index (χ3v) is 4.58. The van der Waals surface area contributed by atoms with Gasteiger partial charge in [-0.15, -0.1) is 0 Å². The van der Waals surface area contributed by atoms with Crippen LogP contribution in [-0.4, -0.2) is 27.8 Å². The van der Waals surface area contributed by atoms with Crippen LogP contribution in [-0.2, 0) is 11.3 Å². The van der Waals surface area contributed by atoms with E-state index < -0.39 is 0 Å². The summed E-state index contributed by atoms with van der Waals surface area (Å²) in [6.07, 6.45) is 1.52. The van der Waals surface area contributed by atoms with Crippen molar-refractivity contribution in [2.24, 2.45) is 0 Å². The van der Waals surface area contributed by atoms with Gasteiger partial charge in [-0.3, -0.25) is 14.5 Å². The number of phenols is 1. The predicted molar refractivity (Wildman–Crippen MR) is 97.2 cm³/mol. The molecule has 0 spiro atoms. The number of benzene rings is 2. The number of thioether (sulfide) groups is 1. The fourth-order valence-electron chi connectivity index (χ4n) is 2.47. The molecule has 1 aliphatic rings. The van der Waals surface area contributed by atoms with Crippen LogP contribution in [0.2, 0.25) is 0 Å². The topological polar surface area (TPSA) is 66.8 Å². The van der Waals surface area contributed by atoms with Crippen molar-refractivity contribution in [2.45, 2.75) is 13.5 Å². The fraction of sp³-hybridized carbons (Fsp3) is 0.158. The molecular weight excluding hydrogens is 338 g/mol. The Morgan fingerprint density at radius 3 is 2.60 bits per heavy atom. The van der Waals surface area contributed by atoms with Crippen LogP contribution >= 0.6 is 11.8 Å². The van der Waals surface area contributed by atoms with E-state index in [0.29, 0.717) is 17.9 Å². The van der Waals surface area contributed by atoms with Crippen molar-refractivity contribution in [3.63, 3.8) is 0 Å². The summed E-state index contributed by atoms with van der Waals surface area (Å²) in [4.78, 5) is 26.2. The quantitative estimate of drug-likeness (QED) is 0.820. The van der Waals surface area contributed by atoms with Crippen molar-refractivity contribution in [3.8, 4) is 11.5 Å². The van der Waals surface area contributed by atoms with Gasteiger partial charge in [-0.25, -0.2) is 0 Å². The number of hydrogen-bond acceptors (Lipinski definition) is 5. The highest BCUT2D eigenvalue weighted by molar-refractivity contribution is 8.18. The second-order valence-corrected chi connectivity index (χ2v) is 6.37.